The molecule has 5 heteroatoms. The van der Waals surface area contributed by atoms with Gasteiger partial charge in [0, 0.05) is 17.1 Å². The Bertz CT molecular complexity index is 878. The number of para-hydroxylation sites is 1. The van der Waals surface area contributed by atoms with Gasteiger partial charge in [0.1, 0.15) is 0 Å². The largest absolute Gasteiger partial charge is 0.452 e. The molecule has 0 aliphatic heterocycles. The van der Waals surface area contributed by atoms with Crippen LogP contribution >= 0.6 is 0 Å². The van der Waals surface area contributed by atoms with Crippen molar-refractivity contribution in [1.82, 2.24) is 10.3 Å². The zero-order valence-electron chi connectivity index (χ0n) is 17.2. The van der Waals surface area contributed by atoms with Crippen LogP contribution in [0.1, 0.15) is 61.6 Å². The lowest BCUT2D eigenvalue weighted by atomic mass is 9.78. The average molecular weight is 383 g/mol. The molecule has 0 spiro atoms. The van der Waals surface area contributed by atoms with Crippen molar-refractivity contribution in [2.45, 2.75) is 59.4 Å². The molecule has 1 heterocycles. The molecule has 1 aromatic heterocycles. The minimum Gasteiger partial charge on any atom is -0.452 e. The summed E-state index contributed by atoms with van der Waals surface area (Å²) in [6.07, 6.45) is 4.04. The van der Waals surface area contributed by atoms with Crippen LogP contribution in [0, 0.1) is 18.8 Å². The molecular weight excluding hydrogens is 352 g/mol. The molecule has 3 atom stereocenters. The van der Waals surface area contributed by atoms with Gasteiger partial charge in [-0.05, 0) is 43.2 Å². The number of rotatable bonds is 5. The first-order valence-corrected chi connectivity index (χ1v) is 10.3. The van der Waals surface area contributed by atoms with Gasteiger partial charge in [-0.1, -0.05) is 51.8 Å². The van der Waals surface area contributed by atoms with Gasteiger partial charge in [0.2, 0.25) is 0 Å². The van der Waals surface area contributed by atoms with E-state index >= 15 is 0 Å². The van der Waals surface area contributed by atoms with E-state index in [2.05, 4.69) is 24.1 Å². The van der Waals surface area contributed by atoms with Gasteiger partial charge in [0.15, 0.2) is 6.61 Å². The summed E-state index contributed by atoms with van der Waals surface area (Å²) in [5.41, 5.74) is 2.97. The fourth-order valence-corrected chi connectivity index (χ4v) is 4.20. The number of hydrogen-bond acceptors (Lipinski definition) is 4. The van der Waals surface area contributed by atoms with Crippen molar-refractivity contribution in [1.29, 1.82) is 0 Å². The van der Waals surface area contributed by atoms with Crippen LogP contribution in [0.25, 0.3) is 10.9 Å². The third kappa shape index (κ3) is 4.18. The van der Waals surface area contributed by atoms with Gasteiger partial charge in [0.05, 0.1) is 11.1 Å². The van der Waals surface area contributed by atoms with Crippen LogP contribution in [0.5, 0.6) is 0 Å². The standard InChI is InChI=1S/C23H30N2O3/c1-5-18-16(4)22(17-10-6-7-11-20(17)24-18)23(27)28-13-21(26)25-19-12-8-9-14(2)15(19)3/h6-7,10-11,14-15,19H,5,8-9,12-13H2,1-4H3,(H,25,26)/t14-,15+,19+/m1/s1. The number of nitrogens with zero attached hydrogens (tertiary/aromatic N) is 1. The van der Waals surface area contributed by atoms with Crippen molar-refractivity contribution >= 4 is 22.8 Å². The summed E-state index contributed by atoms with van der Waals surface area (Å²) in [6, 6.07) is 7.70. The molecule has 0 unspecified atom stereocenters. The maximum atomic E-state index is 12.8. The molecule has 150 valence electrons. The molecule has 1 saturated carbocycles. The Kier molecular flexibility index (Phi) is 6.32. The Morgan fingerprint density at radius 3 is 2.71 bits per heavy atom. The second-order valence-corrected chi connectivity index (χ2v) is 7.95. The molecule has 1 amide bonds. The van der Waals surface area contributed by atoms with Crippen molar-refractivity contribution in [2.24, 2.45) is 11.8 Å². The lowest BCUT2D eigenvalue weighted by Crippen LogP contribution is -2.45. The highest BCUT2D eigenvalue weighted by Crippen LogP contribution is 2.29. The number of carbonyl (C=O) groups excluding carboxylic acids is 2. The first-order chi connectivity index (χ1) is 13.4. The molecule has 1 fully saturated rings. The van der Waals surface area contributed by atoms with E-state index in [1.54, 1.807) is 0 Å². The zero-order chi connectivity index (χ0) is 20.3. The van der Waals surface area contributed by atoms with Gasteiger partial charge in [-0.15, -0.1) is 0 Å². The van der Waals surface area contributed by atoms with Gasteiger partial charge in [-0.25, -0.2) is 4.79 Å². The van der Waals surface area contributed by atoms with E-state index in [1.807, 2.05) is 38.1 Å². The molecule has 0 saturated heterocycles. The fraction of sp³-hybridized carbons (Fsp3) is 0.522. The van der Waals surface area contributed by atoms with Crippen LogP contribution < -0.4 is 5.32 Å². The SMILES string of the molecule is CCc1nc2ccccc2c(C(=O)OCC(=O)N[C@H]2CCC[C@@H](C)[C@@H]2C)c1C. The van der Waals surface area contributed by atoms with Crippen molar-refractivity contribution in [3.05, 3.63) is 41.1 Å². The van der Waals surface area contributed by atoms with Gasteiger partial charge < -0.3 is 10.1 Å². The molecule has 1 aliphatic rings. The second-order valence-electron chi connectivity index (χ2n) is 7.95. The zero-order valence-corrected chi connectivity index (χ0v) is 17.2. The summed E-state index contributed by atoms with van der Waals surface area (Å²) in [4.78, 5) is 29.8. The monoisotopic (exact) mass is 382 g/mol. The number of pyridine rings is 1. The van der Waals surface area contributed by atoms with Crippen molar-refractivity contribution in [2.75, 3.05) is 6.61 Å². The third-order valence-corrected chi connectivity index (χ3v) is 6.16. The number of hydrogen-bond donors (Lipinski definition) is 1. The first-order valence-electron chi connectivity index (χ1n) is 10.3. The van der Waals surface area contributed by atoms with Gasteiger partial charge in [-0.2, -0.15) is 0 Å². The Labute approximate surface area is 166 Å². The maximum absolute atomic E-state index is 12.8. The maximum Gasteiger partial charge on any atom is 0.339 e. The minimum atomic E-state index is -0.467. The number of carbonyl (C=O) groups is 2. The Morgan fingerprint density at radius 1 is 1.21 bits per heavy atom. The summed E-state index contributed by atoms with van der Waals surface area (Å²) < 4.78 is 5.40. The average Bonchev–Trinajstić information content (AvgIpc) is 2.69. The van der Waals surface area contributed by atoms with E-state index in [0.29, 0.717) is 17.4 Å². The molecular formula is C23H30N2O3. The van der Waals surface area contributed by atoms with E-state index < -0.39 is 5.97 Å². The van der Waals surface area contributed by atoms with Crippen molar-refractivity contribution in [3.63, 3.8) is 0 Å². The molecule has 0 radical (unpaired) electrons. The highest BCUT2D eigenvalue weighted by molar-refractivity contribution is 6.05. The second kappa shape index (κ2) is 8.72. The molecule has 2 aromatic rings. The van der Waals surface area contributed by atoms with E-state index in [1.165, 1.54) is 6.42 Å². The number of ether oxygens (including phenoxy) is 1. The van der Waals surface area contributed by atoms with Crippen LogP contribution in [-0.2, 0) is 16.0 Å². The van der Waals surface area contributed by atoms with Crippen molar-refractivity contribution in [3.8, 4) is 0 Å². The number of amides is 1. The third-order valence-electron chi connectivity index (χ3n) is 6.16. The normalized spacial score (nSPS) is 22.1. The fourth-order valence-electron chi connectivity index (χ4n) is 4.20. The lowest BCUT2D eigenvalue weighted by molar-refractivity contribution is -0.125. The Morgan fingerprint density at radius 2 is 1.96 bits per heavy atom. The number of fused-ring (bicyclic) bond motifs is 1. The van der Waals surface area contributed by atoms with E-state index in [-0.39, 0.29) is 18.6 Å². The summed E-state index contributed by atoms with van der Waals surface area (Å²) in [5, 5.41) is 3.81. The van der Waals surface area contributed by atoms with Crippen LogP contribution in [-0.4, -0.2) is 29.5 Å². The number of aromatic nitrogens is 1. The predicted octanol–water partition coefficient (Wildman–Crippen LogP) is 4.20. The molecule has 0 bridgehead atoms. The van der Waals surface area contributed by atoms with Crippen LogP contribution in [0.2, 0.25) is 0 Å². The van der Waals surface area contributed by atoms with Crippen LogP contribution in [0.15, 0.2) is 24.3 Å². The molecule has 1 N–H and O–H groups in total. The van der Waals surface area contributed by atoms with Gasteiger partial charge in [0.25, 0.3) is 5.91 Å². The Hall–Kier alpha value is -2.43. The number of esters is 1. The summed E-state index contributed by atoms with van der Waals surface area (Å²) in [5.74, 6) is 0.337. The van der Waals surface area contributed by atoms with E-state index in [4.69, 9.17) is 4.74 Å². The van der Waals surface area contributed by atoms with Gasteiger partial charge >= 0.3 is 5.97 Å². The molecule has 1 aromatic carbocycles. The molecule has 3 rings (SSSR count). The molecule has 5 nitrogen and oxygen atoms in total. The van der Waals surface area contributed by atoms with Gasteiger partial charge in [-0.3, -0.25) is 9.78 Å². The lowest BCUT2D eigenvalue weighted by Gasteiger charge is -2.34. The molecule has 1 aliphatic carbocycles. The summed E-state index contributed by atoms with van der Waals surface area (Å²) >= 11 is 0. The first kappa shape index (κ1) is 20.3. The quantitative estimate of drug-likeness (QED) is 0.787. The van der Waals surface area contributed by atoms with Crippen LogP contribution in [0.3, 0.4) is 0 Å². The topological polar surface area (TPSA) is 68.3 Å². The van der Waals surface area contributed by atoms with E-state index in [0.717, 1.165) is 41.4 Å². The Balaban J connectivity index is 1.71. The number of nitrogens with one attached hydrogen (secondary N) is 1. The smallest absolute Gasteiger partial charge is 0.339 e. The van der Waals surface area contributed by atoms with E-state index in [9.17, 15) is 9.59 Å². The number of benzene rings is 1. The highest BCUT2D eigenvalue weighted by Gasteiger charge is 2.28. The summed E-state index contributed by atoms with van der Waals surface area (Å²) in [7, 11) is 0. The minimum absolute atomic E-state index is 0.158. The molecule has 28 heavy (non-hydrogen) atoms. The van der Waals surface area contributed by atoms with Crippen LogP contribution in [0.4, 0.5) is 0 Å². The highest BCUT2D eigenvalue weighted by atomic mass is 16.5. The summed E-state index contributed by atoms with van der Waals surface area (Å²) in [6.45, 7) is 8.05. The number of aryl methyl sites for hydroxylation is 1. The van der Waals surface area contributed by atoms with Crippen molar-refractivity contribution < 1.29 is 14.3 Å². The predicted molar refractivity (Wildman–Crippen MR) is 110 cm³/mol.